The lowest BCUT2D eigenvalue weighted by Crippen LogP contribution is -2.57. The third-order valence-electron chi connectivity index (χ3n) is 6.10. The van der Waals surface area contributed by atoms with Crippen molar-refractivity contribution in [3.8, 4) is 0 Å². The summed E-state index contributed by atoms with van der Waals surface area (Å²) < 4.78 is 0. The van der Waals surface area contributed by atoms with Gasteiger partial charge in [-0.2, -0.15) is 0 Å². The molecule has 186 valence electrons. The Morgan fingerprint density at radius 1 is 1.15 bits per heavy atom. The van der Waals surface area contributed by atoms with Gasteiger partial charge in [0, 0.05) is 31.3 Å². The number of carbonyl (C=O) groups is 5. The van der Waals surface area contributed by atoms with Crippen molar-refractivity contribution in [2.24, 2.45) is 5.73 Å². The van der Waals surface area contributed by atoms with Crippen LogP contribution in [0, 0.1) is 0 Å². The van der Waals surface area contributed by atoms with Gasteiger partial charge in [-0.05, 0) is 38.6 Å². The fourth-order valence-electron chi connectivity index (χ4n) is 4.31. The van der Waals surface area contributed by atoms with E-state index in [1.54, 1.807) is 6.20 Å². The minimum absolute atomic E-state index is 0.149. The Hall–Kier alpha value is -3.48. The Morgan fingerprint density at radius 3 is 2.53 bits per heavy atom. The smallest absolute Gasteiger partial charge is 0.326 e. The second-order valence-corrected chi connectivity index (χ2v) is 8.59. The molecule has 0 saturated carbocycles. The lowest BCUT2D eigenvalue weighted by Gasteiger charge is -2.30. The van der Waals surface area contributed by atoms with Gasteiger partial charge in [0.2, 0.25) is 23.6 Å². The zero-order valence-electron chi connectivity index (χ0n) is 18.8. The summed E-state index contributed by atoms with van der Waals surface area (Å²) in [7, 11) is 0. The second-order valence-electron chi connectivity index (χ2n) is 8.59. The number of aliphatic carboxylic acids is 1. The number of aromatic amines is 1. The second kappa shape index (κ2) is 11.6. The van der Waals surface area contributed by atoms with Crippen LogP contribution in [0.15, 0.2) is 12.5 Å². The molecule has 13 nitrogen and oxygen atoms in total. The molecule has 0 aliphatic carbocycles. The van der Waals surface area contributed by atoms with Crippen molar-refractivity contribution >= 4 is 29.6 Å². The zero-order valence-corrected chi connectivity index (χ0v) is 18.8. The molecule has 3 rings (SSSR count). The number of amides is 4. The molecule has 2 aliphatic rings. The number of H-pyrrole nitrogens is 1. The number of imidazole rings is 1. The Balaban J connectivity index is 1.70. The van der Waals surface area contributed by atoms with Crippen molar-refractivity contribution in [3.63, 3.8) is 0 Å². The number of primary amides is 1. The van der Waals surface area contributed by atoms with E-state index in [0.29, 0.717) is 31.5 Å². The summed E-state index contributed by atoms with van der Waals surface area (Å²) >= 11 is 0. The summed E-state index contributed by atoms with van der Waals surface area (Å²) in [5.74, 6) is -3.30. The molecule has 4 atom stereocenters. The third kappa shape index (κ3) is 6.53. The van der Waals surface area contributed by atoms with Gasteiger partial charge in [-0.1, -0.05) is 0 Å². The summed E-state index contributed by atoms with van der Waals surface area (Å²) in [6, 6.07) is -3.48. The number of hydrogen-bond donors (Lipinski definition) is 6. The summed E-state index contributed by atoms with van der Waals surface area (Å²) in [5.41, 5.74) is 5.73. The number of carbonyl (C=O) groups excluding carboxylic acids is 4. The van der Waals surface area contributed by atoms with E-state index in [2.05, 4.69) is 25.9 Å². The number of likely N-dealkylation sites (tertiary alicyclic amines) is 1. The van der Waals surface area contributed by atoms with Crippen molar-refractivity contribution in [1.82, 2.24) is 30.8 Å². The highest BCUT2D eigenvalue weighted by molar-refractivity contribution is 5.94. The summed E-state index contributed by atoms with van der Waals surface area (Å²) in [6.45, 7) is 1.03. The summed E-state index contributed by atoms with van der Waals surface area (Å²) in [6.07, 6.45) is 5.30. The van der Waals surface area contributed by atoms with Crippen LogP contribution in [0.5, 0.6) is 0 Å². The van der Waals surface area contributed by atoms with Crippen LogP contribution in [-0.4, -0.2) is 86.8 Å². The van der Waals surface area contributed by atoms with Gasteiger partial charge in [0.05, 0.1) is 12.4 Å². The SMILES string of the molecule is NC(=O)CCC(NC(=O)C1CCCN1C(=O)C(Cc1cnc[nH]1)NC(=O)C1CCCN1)C(=O)O. The Kier molecular flexibility index (Phi) is 8.57. The Labute approximate surface area is 196 Å². The fraction of sp³-hybridized carbons (Fsp3) is 0.619. The first-order valence-corrected chi connectivity index (χ1v) is 11.4. The number of carboxylic acid groups (broad SMARTS) is 1. The molecule has 2 fully saturated rings. The van der Waals surface area contributed by atoms with Gasteiger partial charge in [0.25, 0.3) is 0 Å². The Morgan fingerprint density at radius 2 is 1.91 bits per heavy atom. The van der Waals surface area contributed by atoms with Crippen molar-refractivity contribution in [2.45, 2.75) is 69.1 Å². The number of nitrogens with one attached hydrogen (secondary N) is 4. The topological polar surface area (TPSA) is 200 Å². The highest BCUT2D eigenvalue weighted by Crippen LogP contribution is 2.20. The average molecular weight is 478 g/mol. The summed E-state index contributed by atoms with van der Waals surface area (Å²) in [4.78, 5) is 69.8. The maximum atomic E-state index is 13.5. The molecule has 13 heteroatoms. The van der Waals surface area contributed by atoms with E-state index in [-0.39, 0.29) is 31.2 Å². The molecule has 4 unspecified atom stereocenters. The minimum atomic E-state index is -1.30. The van der Waals surface area contributed by atoms with Crippen molar-refractivity contribution < 1.29 is 29.1 Å². The monoisotopic (exact) mass is 477 g/mol. The number of hydrogen-bond acceptors (Lipinski definition) is 7. The number of nitrogens with zero attached hydrogens (tertiary/aromatic N) is 2. The summed E-state index contributed by atoms with van der Waals surface area (Å²) in [5, 5.41) is 17.7. The van der Waals surface area contributed by atoms with E-state index < -0.39 is 41.8 Å². The maximum Gasteiger partial charge on any atom is 0.326 e. The lowest BCUT2D eigenvalue weighted by atomic mass is 10.1. The van der Waals surface area contributed by atoms with Crippen LogP contribution >= 0.6 is 0 Å². The first-order valence-electron chi connectivity index (χ1n) is 11.4. The van der Waals surface area contributed by atoms with Crippen LogP contribution in [0.1, 0.15) is 44.2 Å². The quantitative estimate of drug-likeness (QED) is 0.210. The number of carboxylic acids is 1. The van der Waals surface area contributed by atoms with Crippen LogP contribution < -0.4 is 21.7 Å². The van der Waals surface area contributed by atoms with Gasteiger partial charge in [-0.15, -0.1) is 0 Å². The van der Waals surface area contributed by atoms with E-state index in [4.69, 9.17) is 5.73 Å². The minimum Gasteiger partial charge on any atom is -0.480 e. The molecular formula is C21H31N7O6. The molecule has 2 aliphatic heterocycles. The van der Waals surface area contributed by atoms with Gasteiger partial charge in [0.1, 0.15) is 18.1 Å². The number of rotatable bonds is 11. The highest BCUT2D eigenvalue weighted by Gasteiger charge is 2.39. The van der Waals surface area contributed by atoms with Crippen LogP contribution in [0.2, 0.25) is 0 Å². The van der Waals surface area contributed by atoms with Crippen molar-refractivity contribution in [2.75, 3.05) is 13.1 Å². The van der Waals surface area contributed by atoms with E-state index in [1.165, 1.54) is 11.2 Å². The molecule has 3 heterocycles. The molecular weight excluding hydrogens is 446 g/mol. The highest BCUT2D eigenvalue weighted by atomic mass is 16.4. The van der Waals surface area contributed by atoms with Crippen LogP contribution in [0.4, 0.5) is 0 Å². The standard InChI is InChI=1S/C21H31N7O6/c22-17(29)6-5-14(21(33)34)26-19(31)16-4-2-8-28(16)20(32)15(9-12-10-23-11-25-12)27-18(30)13-3-1-7-24-13/h10-11,13-16,24H,1-9H2,(H2,22,29)(H,23,25)(H,26,31)(H,27,30)(H,33,34). The molecule has 2 saturated heterocycles. The molecule has 4 amide bonds. The van der Waals surface area contributed by atoms with Gasteiger partial charge in [-0.3, -0.25) is 19.2 Å². The third-order valence-corrected chi connectivity index (χ3v) is 6.10. The first kappa shape index (κ1) is 25.1. The first-order chi connectivity index (χ1) is 16.3. The predicted molar refractivity (Wildman–Crippen MR) is 118 cm³/mol. The molecule has 34 heavy (non-hydrogen) atoms. The van der Waals surface area contributed by atoms with Gasteiger partial charge in [0.15, 0.2) is 0 Å². The number of aromatic nitrogens is 2. The van der Waals surface area contributed by atoms with Gasteiger partial charge >= 0.3 is 5.97 Å². The van der Waals surface area contributed by atoms with Crippen molar-refractivity contribution in [3.05, 3.63) is 18.2 Å². The molecule has 0 aromatic carbocycles. The van der Waals surface area contributed by atoms with Gasteiger partial charge < -0.3 is 36.7 Å². The molecule has 1 aromatic heterocycles. The largest absolute Gasteiger partial charge is 0.480 e. The molecule has 0 bridgehead atoms. The van der Waals surface area contributed by atoms with Crippen molar-refractivity contribution in [1.29, 1.82) is 0 Å². The molecule has 7 N–H and O–H groups in total. The van der Waals surface area contributed by atoms with E-state index in [0.717, 1.165) is 13.0 Å². The fourth-order valence-corrected chi connectivity index (χ4v) is 4.31. The predicted octanol–water partition coefficient (Wildman–Crippen LogP) is -1.99. The van der Waals surface area contributed by atoms with E-state index in [9.17, 15) is 29.1 Å². The van der Waals surface area contributed by atoms with Crippen LogP contribution in [0.3, 0.4) is 0 Å². The molecule has 0 radical (unpaired) electrons. The normalized spacial score (nSPS) is 21.6. The Bertz CT molecular complexity index is 899. The van der Waals surface area contributed by atoms with Crippen LogP contribution in [0.25, 0.3) is 0 Å². The average Bonchev–Trinajstić information content (AvgIpc) is 3.57. The van der Waals surface area contributed by atoms with Crippen LogP contribution in [-0.2, 0) is 30.4 Å². The molecule has 1 aromatic rings. The zero-order chi connectivity index (χ0) is 24.7. The van der Waals surface area contributed by atoms with Gasteiger partial charge in [-0.25, -0.2) is 9.78 Å². The van der Waals surface area contributed by atoms with E-state index in [1.807, 2.05) is 0 Å². The molecule has 0 spiro atoms. The number of nitrogens with two attached hydrogens (primary N) is 1. The lowest BCUT2D eigenvalue weighted by molar-refractivity contribution is -0.145. The maximum absolute atomic E-state index is 13.5. The van der Waals surface area contributed by atoms with E-state index >= 15 is 0 Å².